The molecule has 1 aliphatic rings. The van der Waals surface area contributed by atoms with Crippen molar-refractivity contribution in [1.82, 2.24) is 0 Å². The standard InChI is InChI=1S/C21H20ClNO4/c1-4-25-15-7-5-14(6-8-15)23-10-17-19-16(9-18(22)20(17)26-11-23)12(2)13(3)21(24)27-19/h5-9H,4,10-11H2,1-3H3. The molecule has 1 aromatic heterocycles. The summed E-state index contributed by atoms with van der Waals surface area (Å²) < 4.78 is 17.0. The first-order valence-electron chi connectivity index (χ1n) is 8.85. The molecule has 0 atom stereocenters. The molecule has 0 radical (unpaired) electrons. The van der Waals surface area contributed by atoms with E-state index in [1.165, 1.54) is 0 Å². The Morgan fingerprint density at radius 1 is 1.19 bits per heavy atom. The number of ether oxygens (including phenoxy) is 2. The highest BCUT2D eigenvalue weighted by molar-refractivity contribution is 6.33. The maximum Gasteiger partial charge on any atom is 0.339 e. The topological polar surface area (TPSA) is 51.9 Å². The van der Waals surface area contributed by atoms with Crippen molar-refractivity contribution in [3.05, 3.63) is 62.5 Å². The molecule has 5 nitrogen and oxygen atoms in total. The number of nitrogens with zero attached hydrogens (tertiary/aromatic N) is 1. The second-order valence-electron chi connectivity index (χ2n) is 6.58. The number of aryl methyl sites for hydroxylation is 1. The second kappa shape index (κ2) is 6.82. The van der Waals surface area contributed by atoms with Crippen molar-refractivity contribution in [2.75, 3.05) is 18.2 Å². The van der Waals surface area contributed by atoms with Crippen LogP contribution in [0.5, 0.6) is 11.5 Å². The second-order valence-corrected chi connectivity index (χ2v) is 6.99. The lowest BCUT2D eigenvalue weighted by molar-refractivity contribution is 0.289. The molecule has 1 aliphatic heterocycles. The van der Waals surface area contributed by atoms with Gasteiger partial charge in [-0.3, -0.25) is 0 Å². The van der Waals surface area contributed by atoms with Crippen LogP contribution in [0.25, 0.3) is 11.0 Å². The van der Waals surface area contributed by atoms with Gasteiger partial charge in [-0.25, -0.2) is 4.79 Å². The van der Waals surface area contributed by atoms with Crippen molar-refractivity contribution >= 4 is 28.3 Å². The number of halogens is 1. The fraction of sp³-hybridized carbons (Fsp3) is 0.286. The maximum absolute atomic E-state index is 12.2. The third kappa shape index (κ3) is 3.02. The van der Waals surface area contributed by atoms with Crippen LogP contribution in [0.4, 0.5) is 5.69 Å². The third-order valence-corrected chi connectivity index (χ3v) is 5.26. The normalized spacial score (nSPS) is 13.4. The van der Waals surface area contributed by atoms with Crippen LogP contribution in [-0.2, 0) is 6.54 Å². The quantitative estimate of drug-likeness (QED) is 0.605. The van der Waals surface area contributed by atoms with Crippen LogP contribution in [0.2, 0.25) is 5.02 Å². The highest BCUT2D eigenvalue weighted by atomic mass is 35.5. The zero-order valence-corrected chi connectivity index (χ0v) is 16.2. The van der Waals surface area contributed by atoms with Crippen molar-refractivity contribution in [2.24, 2.45) is 0 Å². The lowest BCUT2D eigenvalue weighted by Gasteiger charge is -2.31. The maximum atomic E-state index is 12.2. The van der Waals surface area contributed by atoms with Crippen molar-refractivity contribution in [2.45, 2.75) is 27.3 Å². The van der Waals surface area contributed by atoms with Crippen molar-refractivity contribution < 1.29 is 13.9 Å². The molecule has 140 valence electrons. The summed E-state index contributed by atoms with van der Waals surface area (Å²) in [5.41, 5.74) is 3.46. The molecular weight excluding hydrogens is 366 g/mol. The first-order valence-corrected chi connectivity index (χ1v) is 9.23. The first-order chi connectivity index (χ1) is 13.0. The highest BCUT2D eigenvalue weighted by Crippen LogP contribution is 2.40. The predicted molar refractivity (Wildman–Crippen MR) is 106 cm³/mol. The van der Waals surface area contributed by atoms with Gasteiger partial charge in [0.25, 0.3) is 0 Å². The van der Waals surface area contributed by atoms with Gasteiger partial charge in [-0.1, -0.05) is 11.6 Å². The van der Waals surface area contributed by atoms with E-state index in [2.05, 4.69) is 4.90 Å². The van der Waals surface area contributed by atoms with Gasteiger partial charge >= 0.3 is 5.63 Å². The molecule has 0 unspecified atom stereocenters. The molecule has 0 saturated carbocycles. The Bertz CT molecular complexity index is 1070. The Kier molecular flexibility index (Phi) is 4.48. The van der Waals surface area contributed by atoms with Crippen molar-refractivity contribution in [3.63, 3.8) is 0 Å². The van der Waals surface area contributed by atoms with E-state index >= 15 is 0 Å². The molecular formula is C21H20ClNO4. The van der Waals surface area contributed by atoms with Gasteiger partial charge in [0.05, 0.1) is 23.7 Å². The minimum Gasteiger partial charge on any atom is -0.494 e. The van der Waals surface area contributed by atoms with Gasteiger partial charge in [-0.15, -0.1) is 0 Å². The van der Waals surface area contributed by atoms with Gasteiger partial charge in [0.1, 0.15) is 17.1 Å². The third-order valence-electron chi connectivity index (χ3n) is 4.97. The monoisotopic (exact) mass is 385 g/mol. The number of hydrogen-bond acceptors (Lipinski definition) is 5. The van der Waals surface area contributed by atoms with E-state index < -0.39 is 0 Å². The smallest absolute Gasteiger partial charge is 0.339 e. The van der Waals surface area contributed by atoms with Gasteiger partial charge in [0, 0.05) is 16.6 Å². The van der Waals surface area contributed by atoms with Gasteiger partial charge in [-0.2, -0.15) is 0 Å². The van der Waals surface area contributed by atoms with Crippen LogP contribution >= 0.6 is 11.6 Å². The SMILES string of the molecule is CCOc1ccc(N2COc3c(Cl)cc4c(C)c(C)c(=O)oc4c3C2)cc1. The largest absolute Gasteiger partial charge is 0.494 e. The fourth-order valence-corrected chi connectivity index (χ4v) is 3.63. The summed E-state index contributed by atoms with van der Waals surface area (Å²) in [6, 6.07) is 9.64. The molecule has 3 aromatic rings. The van der Waals surface area contributed by atoms with Crippen molar-refractivity contribution in [3.8, 4) is 11.5 Å². The average molecular weight is 386 g/mol. The summed E-state index contributed by atoms with van der Waals surface area (Å²) in [6.45, 7) is 7.15. The molecule has 4 rings (SSSR count). The van der Waals surface area contributed by atoms with Gasteiger partial charge in [-0.05, 0) is 56.7 Å². The minimum absolute atomic E-state index is 0.331. The molecule has 0 fully saturated rings. The molecule has 2 aromatic carbocycles. The average Bonchev–Trinajstić information content (AvgIpc) is 2.68. The molecule has 6 heteroatoms. The molecule has 27 heavy (non-hydrogen) atoms. The number of hydrogen-bond donors (Lipinski definition) is 0. The lowest BCUT2D eigenvalue weighted by Crippen LogP contribution is -2.32. The molecule has 0 N–H and O–H groups in total. The molecule has 2 heterocycles. The lowest BCUT2D eigenvalue weighted by atomic mass is 10.0. The zero-order valence-electron chi connectivity index (χ0n) is 15.5. The summed E-state index contributed by atoms with van der Waals surface area (Å²) in [5, 5.41) is 1.37. The van der Waals surface area contributed by atoms with Crippen LogP contribution in [-0.4, -0.2) is 13.3 Å². The zero-order chi connectivity index (χ0) is 19.1. The van der Waals surface area contributed by atoms with E-state index in [0.717, 1.165) is 28.0 Å². The van der Waals surface area contributed by atoms with Crippen LogP contribution in [0.1, 0.15) is 23.6 Å². The molecule has 0 saturated heterocycles. The summed E-state index contributed by atoms with van der Waals surface area (Å²) in [7, 11) is 0. The highest BCUT2D eigenvalue weighted by Gasteiger charge is 2.25. The van der Waals surface area contributed by atoms with E-state index in [4.69, 9.17) is 25.5 Å². The predicted octanol–water partition coefficient (Wildman–Crippen LogP) is 4.82. The summed E-state index contributed by atoms with van der Waals surface area (Å²) >= 11 is 6.45. The fourth-order valence-electron chi connectivity index (χ4n) is 3.35. The molecule has 0 amide bonds. The Balaban J connectivity index is 1.79. The first kappa shape index (κ1) is 17.7. The van der Waals surface area contributed by atoms with Crippen LogP contribution in [0, 0.1) is 13.8 Å². The summed E-state index contributed by atoms with van der Waals surface area (Å²) in [6.07, 6.45) is 0. The Hall–Kier alpha value is -2.66. The minimum atomic E-state index is -0.331. The Morgan fingerprint density at radius 3 is 2.63 bits per heavy atom. The molecule has 0 spiro atoms. The van der Waals surface area contributed by atoms with Crippen LogP contribution in [0.3, 0.4) is 0 Å². The number of anilines is 1. The van der Waals surface area contributed by atoms with Crippen LogP contribution < -0.4 is 20.0 Å². The van der Waals surface area contributed by atoms with Gasteiger partial charge in [0.2, 0.25) is 0 Å². The number of rotatable bonds is 3. The Labute approximate surface area is 162 Å². The molecule has 0 bridgehead atoms. The molecule has 0 aliphatic carbocycles. The van der Waals surface area contributed by atoms with Gasteiger partial charge in [0.15, 0.2) is 6.73 Å². The van der Waals surface area contributed by atoms with E-state index in [1.54, 1.807) is 6.92 Å². The van der Waals surface area contributed by atoms with E-state index in [0.29, 0.717) is 41.8 Å². The Morgan fingerprint density at radius 2 is 1.93 bits per heavy atom. The van der Waals surface area contributed by atoms with E-state index in [9.17, 15) is 4.79 Å². The van der Waals surface area contributed by atoms with Crippen LogP contribution in [0.15, 0.2) is 39.5 Å². The van der Waals surface area contributed by atoms with Crippen molar-refractivity contribution in [1.29, 1.82) is 0 Å². The summed E-state index contributed by atoms with van der Waals surface area (Å²) in [4.78, 5) is 14.3. The number of benzene rings is 2. The number of fused-ring (bicyclic) bond motifs is 3. The van der Waals surface area contributed by atoms with E-state index in [1.807, 2.05) is 44.2 Å². The van der Waals surface area contributed by atoms with E-state index in [-0.39, 0.29) is 5.63 Å². The summed E-state index contributed by atoms with van der Waals surface area (Å²) in [5.74, 6) is 1.41. The van der Waals surface area contributed by atoms with Gasteiger partial charge < -0.3 is 18.8 Å².